The van der Waals surface area contributed by atoms with Gasteiger partial charge in [-0.3, -0.25) is 0 Å². The van der Waals surface area contributed by atoms with Crippen molar-refractivity contribution in [2.45, 2.75) is 47.0 Å². The van der Waals surface area contributed by atoms with Crippen molar-refractivity contribution < 1.29 is 5.11 Å². The summed E-state index contributed by atoms with van der Waals surface area (Å²) in [5, 5.41) is 12.6. The van der Waals surface area contributed by atoms with Crippen molar-refractivity contribution in [3.8, 4) is 0 Å². The summed E-state index contributed by atoms with van der Waals surface area (Å²) in [6, 6.07) is 0. The minimum Gasteiger partial charge on any atom is -0.395 e. The monoisotopic (exact) mass is 244 g/mol. The zero-order valence-corrected chi connectivity index (χ0v) is 12.3. The van der Waals surface area contributed by atoms with Crippen LogP contribution in [-0.4, -0.2) is 49.3 Å². The summed E-state index contributed by atoms with van der Waals surface area (Å²) < 4.78 is 0. The zero-order valence-electron chi connectivity index (χ0n) is 12.3. The molecule has 0 aliphatic rings. The highest BCUT2D eigenvalue weighted by atomic mass is 16.3. The van der Waals surface area contributed by atoms with E-state index < -0.39 is 0 Å². The Morgan fingerprint density at radius 2 is 1.82 bits per heavy atom. The molecule has 0 aromatic heterocycles. The van der Waals surface area contributed by atoms with Crippen LogP contribution >= 0.6 is 0 Å². The average Bonchev–Trinajstić information content (AvgIpc) is 2.30. The zero-order chi connectivity index (χ0) is 13.1. The van der Waals surface area contributed by atoms with Crippen molar-refractivity contribution in [2.24, 2.45) is 5.41 Å². The maximum atomic E-state index is 9.09. The molecule has 0 aromatic rings. The topological polar surface area (TPSA) is 35.5 Å². The summed E-state index contributed by atoms with van der Waals surface area (Å²) in [4.78, 5) is 2.39. The third-order valence-electron chi connectivity index (χ3n) is 3.39. The van der Waals surface area contributed by atoms with Crippen molar-refractivity contribution in [1.29, 1.82) is 0 Å². The highest BCUT2D eigenvalue weighted by Crippen LogP contribution is 2.21. The number of nitrogens with zero attached hydrogens (tertiary/aromatic N) is 1. The minimum atomic E-state index is 0.266. The Hall–Kier alpha value is -0.120. The Bertz CT molecular complexity index is 170. The van der Waals surface area contributed by atoms with E-state index in [-0.39, 0.29) is 6.61 Å². The predicted octanol–water partition coefficient (Wildman–Crippen LogP) is 2.11. The van der Waals surface area contributed by atoms with Gasteiger partial charge in [-0.05, 0) is 37.8 Å². The highest BCUT2D eigenvalue weighted by Gasteiger charge is 2.24. The number of rotatable bonds is 11. The van der Waals surface area contributed by atoms with Gasteiger partial charge in [-0.25, -0.2) is 0 Å². The van der Waals surface area contributed by atoms with Crippen LogP contribution in [0.4, 0.5) is 0 Å². The van der Waals surface area contributed by atoms with E-state index in [4.69, 9.17) is 5.11 Å². The fourth-order valence-corrected chi connectivity index (χ4v) is 2.13. The number of hydrogen-bond acceptors (Lipinski definition) is 3. The van der Waals surface area contributed by atoms with Gasteiger partial charge in [0.25, 0.3) is 0 Å². The second-order valence-corrected chi connectivity index (χ2v) is 5.34. The Morgan fingerprint density at radius 3 is 2.29 bits per heavy atom. The first-order chi connectivity index (χ1) is 8.11. The first kappa shape index (κ1) is 16.9. The lowest BCUT2D eigenvalue weighted by Gasteiger charge is -2.35. The molecule has 0 saturated carbocycles. The molecule has 1 unspecified atom stereocenters. The molecular weight excluding hydrogens is 212 g/mol. The van der Waals surface area contributed by atoms with E-state index in [1.54, 1.807) is 0 Å². The van der Waals surface area contributed by atoms with Gasteiger partial charge in [0.15, 0.2) is 0 Å². The van der Waals surface area contributed by atoms with E-state index in [1.165, 1.54) is 12.8 Å². The summed E-state index contributed by atoms with van der Waals surface area (Å²) >= 11 is 0. The fraction of sp³-hybridized carbons (Fsp3) is 1.00. The molecule has 0 bridgehead atoms. The highest BCUT2D eigenvalue weighted by molar-refractivity contribution is 4.79. The summed E-state index contributed by atoms with van der Waals surface area (Å²) in [6.45, 7) is 14.4. The SMILES string of the molecule is CCCNCC(C)(CC)CN(CCC)CCO. The lowest BCUT2D eigenvalue weighted by atomic mass is 9.86. The van der Waals surface area contributed by atoms with Gasteiger partial charge in [-0.1, -0.05) is 27.7 Å². The maximum Gasteiger partial charge on any atom is 0.0558 e. The molecule has 2 N–H and O–H groups in total. The number of hydrogen-bond donors (Lipinski definition) is 2. The largest absolute Gasteiger partial charge is 0.395 e. The normalized spacial score (nSPS) is 15.2. The van der Waals surface area contributed by atoms with E-state index in [9.17, 15) is 0 Å². The van der Waals surface area contributed by atoms with E-state index in [0.717, 1.165) is 39.1 Å². The molecule has 0 amide bonds. The smallest absolute Gasteiger partial charge is 0.0558 e. The van der Waals surface area contributed by atoms with Crippen LogP contribution in [0.25, 0.3) is 0 Å². The van der Waals surface area contributed by atoms with Gasteiger partial charge in [-0.15, -0.1) is 0 Å². The lowest BCUT2D eigenvalue weighted by molar-refractivity contribution is 0.129. The van der Waals surface area contributed by atoms with Gasteiger partial charge in [0.05, 0.1) is 6.61 Å². The Kier molecular flexibility index (Phi) is 9.79. The molecule has 104 valence electrons. The Labute approximate surface area is 108 Å². The van der Waals surface area contributed by atoms with E-state index in [2.05, 4.69) is 37.9 Å². The Morgan fingerprint density at radius 1 is 1.12 bits per heavy atom. The van der Waals surface area contributed by atoms with E-state index in [0.29, 0.717) is 5.41 Å². The minimum absolute atomic E-state index is 0.266. The molecule has 0 aliphatic carbocycles. The molecule has 0 radical (unpaired) electrons. The van der Waals surface area contributed by atoms with Crippen LogP contribution in [0.15, 0.2) is 0 Å². The number of aliphatic hydroxyl groups excluding tert-OH is 1. The second-order valence-electron chi connectivity index (χ2n) is 5.34. The van der Waals surface area contributed by atoms with Gasteiger partial charge in [-0.2, -0.15) is 0 Å². The van der Waals surface area contributed by atoms with Crippen molar-refractivity contribution >= 4 is 0 Å². The maximum absolute atomic E-state index is 9.09. The summed E-state index contributed by atoms with van der Waals surface area (Å²) in [5.74, 6) is 0. The van der Waals surface area contributed by atoms with Gasteiger partial charge >= 0.3 is 0 Å². The Balaban J connectivity index is 4.19. The second kappa shape index (κ2) is 9.86. The molecule has 1 atom stereocenters. The molecule has 17 heavy (non-hydrogen) atoms. The molecule has 0 spiro atoms. The van der Waals surface area contributed by atoms with Gasteiger partial charge in [0.2, 0.25) is 0 Å². The summed E-state index contributed by atoms with van der Waals surface area (Å²) in [5.41, 5.74) is 0.319. The van der Waals surface area contributed by atoms with Crippen LogP contribution < -0.4 is 5.32 Å². The number of aliphatic hydroxyl groups is 1. The molecule has 3 nitrogen and oxygen atoms in total. The van der Waals surface area contributed by atoms with Gasteiger partial charge < -0.3 is 15.3 Å². The molecular formula is C14H32N2O. The van der Waals surface area contributed by atoms with Crippen molar-refractivity contribution in [3.63, 3.8) is 0 Å². The third kappa shape index (κ3) is 7.74. The van der Waals surface area contributed by atoms with Crippen LogP contribution in [0.1, 0.15) is 47.0 Å². The molecule has 3 heteroatoms. The quantitative estimate of drug-likeness (QED) is 0.546. The first-order valence-corrected chi connectivity index (χ1v) is 7.15. The third-order valence-corrected chi connectivity index (χ3v) is 3.39. The van der Waals surface area contributed by atoms with Crippen molar-refractivity contribution in [2.75, 3.05) is 39.3 Å². The van der Waals surface area contributed by atoms with Gasteiger partial charge in [0, 0.05) is 19.6 Å². The van der Waals surface area contributed by atoms with Gasteiger partial charge in [0.1, 0.15) is 0 Å². The van der Waals surface area contributed by atoms with E-state index >= 15 is 0 Å². The summed E-state index contributed by atoms with van der Waals surface area (Å²) in [7, 11) is 0. The van der Waals surface area contributed by atoms with Crippen LogP contribution in [0, 0.1) is 5.41 Å². The van der Waals surface area contributed by atoms with Crippen LogP contribution in [0.5, 0.6) is 0 Å². The van der Waals surface area contributed by atoms with Crippen molar-refractivity contribution in [3.05, 3.63) is 0 Å². The predicted molar refractivity (Wildman–Crippen MR) is 75.4 cm³/mol. The average molecular weight is 244 g/mol. The lowest BCUT2D eigenvalue weighted by Crippen LogP contribution is -2.43. The van der Waals surface area contributed by atoms with E-state index in [1.807, 2.05) is 0 Å². The van der Waals surface area contributed by atoms with Crippen LogP contribution in [-0.2, 0) is 0 Å². The molecule has 0 fully saturated rings. The molecule has 0 heterocycles. The van der Waals surface area contributed by atoms with Crippen LogP contribution in [0.3, 0.4) is 0 Å². The molecule has 0 aliphatic heterocycles. The summed E-state index contributed by atoms with van der Waals surface area (Å²) in [6.07, 6.45) is 3.52. The molecule has 0 rings (SSSR count). The number of nitrogens with one attached hydrogen (secondary N) is 1. The first-order valence-electron chi connectivity index (χ1n) is 7.15. The molecule has 0 saturated heterocycles. The van der Waals surface area contributed by atoms with Crippen molar-refractivity contribution in [1.82, 2.24) is 10.2 Å². The van der Waals surface area contributed by atoms with Crippen LogP contribution in [0.2, 0.25) is 0 Å². The standard InChI is InChI=1S/C14H32N2O/c1-5-8-15-12-14(4,7-3)13-16(9-6-2)10-11-17/h15,17H,5-13H2,1-4H3. The fourth-order valence-electron chi connectivity index (χ4n) is 2.13. The molecule has 0 aromatic carbocycles.